The topological polar surface area (TPSA) is 101 Å². The van der Waals surface area contributed by atoms with Gasteiger partial charge in [-0.15, -0.1) is 0 Å². The van der Waals surface area contributed by atoms with Gasteiger partial charge in [0.2, 0.25) is 0 Å². The van der Waals surface area contributed by atoms with Gasteiger partial charge in [-0.3, -0.25) is 14.5 Å². The summed E-state index contributed by atoms with van der Waals surface area (Å²) in [5.74, 6) is -0.348. The van der Waals surface area contributed by atoms with Gasteiger partial charge in [-0.1, -0.05) is 30.8 Å². The van der Waals surface area contributed by atoms with Crippen LogP contribution < -0.4 is 10.5 Å². The Morgan fingerprint density at radius 3 is 2.66 bits per heavy atom. The van der Waals surface area contributed by atoms with Gasteiger partial charge in [0, 0.05) is 18.0 Å². The molecule has 0 amide bonds. The van der Waals surface area contributed by atoms with E-state index in [1.807, 2.05) is 6.92 Å². The van der Waals surface area contributed by atoms with Crippen LogP contribution >= 0.6 is 0 Å². The van der Waals surface area contributed by atoms with E-state index in [1.165, 1.54) is 12.8 Å². The summed E-state index contributed by atoms with van der Waals surface area (Å²) >= 11 is 0. The number of halogens is 1. The van der Waals surface area contributed by atoms with Crippen molar-refractivity contribution in [1.29, 1.82) is 0 Å². The van der Waals surface area contributed by atoms with Gasteiger partial charge in [0.15, 0.2) is 17.4 Å². The number of aromatic hydroxyl groups is 1. The lowest BCUT2D eigenvalue weighted by atomic mass is 9.94. The molecule has 32 heavy (non-hydrogen) atoms. The minimum absolute atomic E-state index is 0.0883. The Kier molecular flexibility index (Phi) is 6.58. The van der Waals surface area contributed by atoms with E-state index in [2.05, 4.69) is 14.7 Å². The molecule has 0 aliphatic heterocycles. The van der Waals surface area contributed by atoms with Gasteiger partial charge in [-0.05, 0) is 61.6 Å². The smallest absolute Gasteiger partial charge is 0.439 e. The maximum Gasteiger partial charge on any atom is 0.439 e. The predicted molar refractivity (Wildman–Crippen MR) is 116 cm³/mol. The van der Waals surface area contributed by atoms with Crippen LogP contribution in [-0.2, 0) is 13.0 Å². The molecule has 0 saturated heterocycles. The van der Waals surface area contributed by atoms with Gasteiger partial charge in [-0.25, -0.2) is 9.18 Å². The Morgan fingerprint density at radius 2 is 1.97 bits per heavy atom. The molecule has 1 fully saturated rings. The molecule has 1 aromatic carbocycles. The number of aryl methyl sites for hydroxylation is 1. The maximum absolute atomic E-state index is 15.0. The Labute approximate surface area is 185 Å². The summed E-state index contributed by atoms with van der Waals surface area (Å²) in [6, 6.07) is 5.15. The summed E-state index contributed by atoms with van der Waals surface area (Å²) in [5, 5.41) is 13.9. The van der Waals surface area contributed by atoms with Crippen molar-refractivity contribution in [2.45, 2.75) is 71.3 Å². The first-order valence-electron chi connectivity index (χ1n) is 11.1. The highest BCUT2D eigenvalue weighted by Gasteiger charge is 2.21. The third-order valence-electron chi connectivity index (χ3n) is 6.23. The molecule has 2 N–H and O–H groups in total. The molecule has 7 nitrogen and oxygen atoms in total. The summed E-state index contributed by atoms with van der Waals surface area (Å²) < 4.78 is 25.0. The molecule has 170 valence electrons. The van der Waals surface area contributed by atoms with Crippen molar-refractivity contribution in [1.82, 2.24) is 15.1 Å². The average molecular weight is 442 g/mol. The van der Waals surface area contributed by atoms with Gasteiger partial charge < -0.3 is 9.84 Å². The molecule has 0 bridgehead atoms. The van der Waals surface area contributed by atoms with Crippen LogP contribution in [0, 0.1) is 19.7 Å². The lowest BCUT2D eigenvalue weighted by Gasteiger charge is -2.18. The highest BCUT2D eigenvalue weighted by Crippen LogP contribution is 2.36. The third-order valence-corrected chi connectivity index (χ3v) is 6.23. The van der Waals surface area contributed by atoms with E-state index < -0.39 is 11.6 Å². The Balaban J connectivity index is 1.55. The lowest BCUT2D eigenvalue weighted by Crippen LogP contribution is -2.07. The van der Waals surface area contributed by atoms with Crippen LogP contribution in [0.15, 0.2) is 27.5 Å². The Bertz CT molecular complexity index is 1150. The molecule has 1 aliphatic carbocycles. The van der Waals surface area contributed by atoms with Gasteiger partial charge in [0.05, 0.1) is 5.69 Å². The summed E-state index contributed by atoms with van der Waals surface area (Å²) in [7, 11) is 0. The Hall–Kier alpha value is -3.16. The molecule has 4 rings (SSSR count). The first kappa shape index (κ1) is 22.0. The first-order chi connectivity index (χ1) is 15.4. The van der Waals surface area contributed by atoms with Gasteiger partial charge in [-0.2, -0.15) is 0 Å². The molecule has 0 unspecified atom stereocenters. The number of pyridine rings is 1. The van der Waals surface area contributed by atoms with E-state index in [0.29, 0.717) is 12.0 Å². The summed E-state index contributed by atoms with van der Waals surface area (Å²) in [6.45, 7) is 3.51. The number of hydrogen-bond acceptors (Lipinski definition) is 6. The number of nitrogens with one attached hydrogen (secondary N) is 1. The predicted octanol–water partition coefficient (Wildman–Crippen LogP) is 4.83. The van der Waals surface area contributed by atoms with Crippen LogP contribution in [0.25, 0.3) is 0 Å². The fraction of sp³-hybridized carbons (Fsp3) is 0.458. The normalized spacial score (nSPS) is 15.0. The number of ether oxygens (including phenoxy) is 1. The second-order valence-corrected chi connectivity index (χ2v) is 8.51. The summed E-state index contributed by atoms with van der Waals surface area (Å²) in [4.78, 5) is 18.2. The van der Waals surface area contributed by atoms with Crippen LogP contribution in [0.5, 0.6) is 11.5 Å². The highest BCUT2D eigenvalue weighted by molar-refractivity contribution is 5.45. The van der Waals surface area contributed by atoms with Crippen LogP contribution in [0.1, 0.15) is 78.3 Å². The zero-order valence-corrected chi connectivity index (χ0v) is 18.4. The molecule has 2 heterocycles. The number of aromatic nitrogens is 3. The SMILES string of the molecule is Cc1cc(OCc2noc(=O)[nH]2)c(F)c(C)c1Cc1ccc(O)c(C2CCCCCC2)n1. The zero-order valence-electron chi connectivity index (χ0n) is 18.4. The van der Waals surface area contributed by atoms with Crippen molar-refractivity contribution in [2.75, 3.05) is 0 Å². The van der Waals surface area contributed by atoms with Crippen LogP contribution in [0.3, 0.4) is 0 Å². The number of rotatable bonds is 6. The lowest BCUT2D eigenvalue weighted by molar-refractivity contribution is 0.271. The molecule has 1 aliphatic rings. The molecular formula is C24H28FN3O4. The molecule has 0 atom stereocenters. The quantitative estimate of drug-likeness (QED) is 0.532. The van der Waals surface area contributed by atoms with Crippen molar-refractivity contribution in [2.24, 2.45) is 0 Å². The number of hydrogen-bond donors (Lipinski definition) is 2. The van der Waals surface area contributed by atoms with E-state index >= 15 is 4.39 Å². The van der Waals surface area contributed by atoms with Crippen LogP contribution in [0.2, 0.25) is 0 Å². The number of nitrogens with zero attached hydrogens (tertiary/aromatic N) is 2. The highest BCUT2D eigenvalue weighted by atomic mass is 19.1. The van der Waals surface area contributed by atoms with E-state index in [0.717, 1.165) is 48.2 Å². The minimum atomic E-state index is -0.684. The second kappa shape index (κ2) is 9.54. The molecule has 8 heteroatoms. The van der Waals surface area contributed by atoms with Gasteiger partial charge in [0.1, 0.15) is 12.4 Å². The fourth-order valence-corrected chi connectivity index (χ4v) is 4.45. The number of H-pyrrole nitrogens is 1. The number of benzene rings is 1. The third kappa shape index (κ3) is 4.84. The largest absolute Gasteiger partial charge is 0.506 e. The monoisotopic (exact) mass is 441 g/mol. The molecular weight excluding hydrogens is 413 g/mol. The fourth-order valence-electron chi connectivity index (χ4n) is 4.45. The molecule has 0 radical (unpaired) electrons. The Morgan fingerprint density at radius 1 is 1.22 bits per heavy atom. The van der Waals surface area contributed by atoms with Crippen LogP contribution in [0.4, 0.5) is 4.39 Å². The van der Waals surface area contributed by atoms with Crippen molar-refractivity contribution < 1.29 is 18.8 Å². The van der Waals surface area contributed by atoms with Gasteiger partial charge in [0.25, 0.3) is 0 Å². The van der Waals surface area contributed by atoms with E-state index in [4.69, 9.17) is 9.72 Å². The van der Waals surface area contributed by atoms with Crippen molar-refractivity contribution in [3.63, 3.8) is 0 Å². The van der Waals surface area contributed by atoms with E-state index in [-0.39, 0.29) is 29.8 Å². The van der Waals surface area contributed by atoms with Gasteiger partial charge >= 0.3 is 5.76 Å². The number of aromatic amines is 1. The minimum Gasteiger partial charge on any atom is -0.506 e. The molecule has 1 saturated carbocycles. The maximum atomic E-state index is 15.0. The summed E-state index contributed by atoms with van der Waals surface area (Å²) in [6.07, 6.45) is 7.32. The van der Waals surface area contributed by atoms with Crippen molar-refractivity contribution in [3.8, 4) is 11.5 Å². The molecule has 2 aromatic heterocycles. The standard InChI is InChI=1S/C24H28FN3O4/c1-14-11-20(31-13-21-27-24(30)32-28-21)22(25)15(2)18(14)12-17-9-10-19(29)23(26-17)16-7-5-3-4-6-8-16/h9-11,16,29H,3-8,12-13H2,1-2H3,(H,27,28,30). The molecule has 0 spiro atoms. The van der Waals surface area contributed by atoms with E-state index in [9.17, 15) is 9.90 Å². The van der Waals surface area contributed by atoms with Crippen molar-refractivity contribution >= 4 is 0 Å². The van der Waals surface area contributed by atoms with Crippen molar-refractivity contribution in [3.05, 3.63) is 68.5 Å². The summed E-state index contributed by atoms with van der Waals surface area (Å²) in [5.41, 5.74) is 3.77. The van der Waals surface area contributed by atoms with E-state index in [1.54, 1.807) is 25.1 Å². The molecule has 3 aromatic rings. The average Bonchev–Trinajstić information content (AvgIpc) is 3.02. The second-order valence-electron chi connectivity index (χ2n) is 8.51. The zero-order chi connectivity index (χ0) is 22.7. The van der Waals surface area contributed by atoms with Crippen LogP contribution in [-0.4, -0.2) is 20.2 Å². The first-order valence-corrected chi connectivity index (χ1v) is 11.1.